The Kier molecular flexibility index (Phi) is 6.61. The summed E-state index contributed by atoms with van der Waals surface area (Å²) in [6.45, 7) is 0.709. The molecule has 3 aromatic rings. The lowest BCUT2D eigenvalue weighted by Crippen LogP contribution is -2.37. The zero-order chi connectivity index (χ0) is 22.5. The van der Waals surface area contributed by atoms with Crippen LogP contribution in [0.5, 0.6) is 0 Å². The molecule has 164 valence electrons. The van der Waals surface area contributed by atoms with Gasteiger partial charge in [-0.15, -0.1) is 0 Å². The second-order valence-electron chi connectivity index (χ2n) is 7.49. The van der Waals surface area contributed by atoms with Gasteiger partial charge in [0.25, 0.3) is 5.91 Å². The Morgan fingerprint density at radius 2 is 1.81 bits per heavy atom. The number of benzene rings is 2. The summed E-state index contributed by atoms with van der Waals surface area (Å²) in [6, 6.07) is 18.1. The maximum atomic E-state index is 13.2. The van der Waals surface area contributed by atoms with Crippen molar-refractivity contribution >= 4 is 34.8 Å². The largest absolute Gasteiger partial charge is 0.467 e. The van der Waals surface area contributed by atoms with Gasteiger partial charge in [-0.25, -0.2) is 4.39 Å². The molecule has 2 aromatic carbocycles. The normalized spacial score (nSPS) is 16.0. The molecule has 0 bridgehead atoms. The number of furan rings is 1. The number of nitrogens with one attached hydrogen (secondary N) is 1. The summed E-state index contributed by atoms with van der Waals surface area (Å²) in [4.78, 5) is 29.2. The van der Waals surface area contributed by atoms with Crippen LogP contribution in [0.3, 0.4) is 0 Å². The monoisotopic (exact) mass is 451 g/mol. The molecule has 0 saturated carbocycles. The quantitative estimate of drug-likeness (QED) is 0.525. The molecule has 1 fully saturated rings. The minimum Gasteiger partial charge on any atom is -0.467 e. The highest BCUT2D eigenvalue weighted by molar-refractivity contribution is 7.80. The van der Waals surface area contributed by atoms with E-state index in [0.29, 0.717) is 29.5 Å². The van der Waals surface area contributed by atoms with Crippen LogP contribution >= 0.6 is 12.2 Å². The van der Waals surface area contributed by atoms with Gasteiger partial charge in [-0.2, -0.15) is 0 Å². The summed E-state index contributed by atoms with van der Waals surface area (Å²) < 4.78 is 18.6. The first kappa shape index (κ1) is 21.7. The molecule has 0 aliphatic carbocycles. The molecule has 0 unspecified atom stereocenters. The third-order valence-electron chi connectivity index (χ3n) is 5.28. The molecule has 1 aliphatic heterocycles. The Hall–Kier alpha value is -3.52. The van der Waals surface area contributed by atoms with E-state index < -0.39 is 11.9 Å². The molecule has 0 radical (unpaired) electrons. The van der Waals surface area contributed by atoms with Gasteiger partial charge in [0.15, 0.2) is 5.11 Å². The SMILES string of the molecule is O=C(C[C@@H]1C(=O)N(CCc2ccccc2)C(=S)N1Cc1ccco1)Nc1ccc(F)cc1. The Morgan fingerprint density at radius 1 is 1.06 bits per heavy atom. The van der Waals surface area contributed by atoms with E-state index >= 15 is 0 Å². The third kappa shape index (κ3) is 5.03. The number of carbonyl (C=O) groups excluding carboxylic acids is 2. The number of amides is 2. The van der Waals surface area contributed by atoms with Crippen LogP contribution in [-0.4, -0.2) is 39.3 Å². The van der Waals surface area contributed by atoms with E-state index in [2.05, 4.69) is 5.32 Å². The lowest BCUT2D eigenvalue weighted by Gasteiger charge is -2.22. The van der Waals surface area contributed by atoms with Crippen LogP contribution in [0.25, 0.3) is 0 Å². The van der Waals surface area contributed by atoms with E-state index in [1.807, 2.05) is 30.3 Å². The van der Waals surface area contributed by atoms with E-state index in [1.54, 1.807) is 28.2 Å². The van der Waals surface area contributed by atoms with Gasteiger partial charge in [0.05, 0.1) is 19.2 Å². The number of carbonyl (C=O) groups is 2. The van der Waals surface area contributed by atoms with E-state index in [4.69, 9.17) is 16.6 Å². The molecule has 8 heteroatoms. The Morgan fingerprint density at radius 3 is 2.50 bits per heavy atom. The zero-order valence-electron chi connectivity index (χ0n) is 17.2. The molecule has 1 saturated heterocycles. The van der Waals surface area contributed by atoms with Gasteiger partial charge in [-0.05, 0) is 60.6 Å². The average molecular weight is 452 g/mol. The standard InChI is InChI=1S/C24H22FN3O3S/c25-18-8-10-19(11-9-18)26-22(29)15-21-23(30)27(13-12-17-5-2-1-3-6-17)24(32)28(21)16-20-7-4-14-31-20/h1-11,14,21H,12-13,15-16H2,(H,26,29)/t21-/m1/s1. The predicted molar refractivity (Wildman–Crippen MR) is 122 cm³/mol. The lowest BCUT2D eigenvalue weighted by atomic mass is 10.1. The van der Waals surface area contributed by atoms with Crippen LogP contribution in [-0.2, 0) is 22.6 Å². The highest BCUT2D eigenvalue weighted by Gasteiger charge is 2.43. The van der Waals surface area contributed by atoms with Crippen molar-refractivity contribution in [2.45, 2.75) is 25.4 Å². The van der Waals surface area contributed by atoms with Crippen LogP contribution in [0.2, 0.25) is 0 Å². The van der Waals surface area contributed by atoms with Crippen molar-refractivity contribution in [2.24, 2.45) is 0 Å². The minimum atomic E-state index is -0.746. The number of nitrogens with zero attached hydrogens (tertiary/aromatic N) is 2. The molecule has 4 rings (SSSR count). The molecule has 2 heterocycles. The second kappa shape index (κ2) is 9.74. The summed E-state index contributed by atoms with van der Waals surface area (Å²) in [5, 5.41) is 3.09. The lowest BCUT2D eigenvalue weighted by molar-refractivity contribution is -0.130. The first-order valence-electron chi connectivity index (χ1n) is 10.2. The van der Waals surface area contributed by atoms with E-state index in [9.17, 15) is 14.0 Å². The molecular formula is C24H22FN3O3S. The number of rotatable bonds is 8. The molecule has 1 aliphatic rings. The highest BCUT2D eigenvalue weighted by Crippen LogP contribution is 2.24. The molecule has 6 nitrogen and oxygen atoms in total. The van der Waals surface area contributed by atoms with Crippen LogP contribution in [0.4, 0.5) is 10.1 Å². The molecule has 2 amide bonds. The van der Waals surface area contributed by atoms with Gasteiger partial charge in [-0.3, -0.25) is 14.5 Å². The molecule has 1 N–H and O–H groups in total. The van der Waals surface area contributed by atoms with Crippen molar-refractivity contribution in [3.8, 4) is 0 Å². The smallest absolute Gasteiger partial charge is 0.252 e. The Labute approximate surface area is 190 Å². The van der Waals surface area contributed by atoms with Crippen LogP contribution in [0.15, 0.2) is 77.4 Å². The molecule has 32 heavy (non-hydrogen) atoms. The van der Waals surface area contributed by atoms with E-state index in [-0.39, 0.29) is 24.8 Å². The van der Waals surface area contributed by atoms with E-state index in [1.165, 1.54) is 24.3 Å². The number of anilines is 1. The fourth-order valence-corrected chi connectivity index (χ4v) is 4.03. The Bertz CT molecular complexity index is 1090. The minimum absolute atomic E-state index is 0.0844. The summed E-state index contributed by atoms with van der Waals surface area (Å²) in [5.74, 6) is -0.314. The van der Waals surface area contributed by atoms with E-state index in [0.717, 1.165) is 5.56 Å². The van der Waals surface area contributed by atoms with Crippen LogP contribution in [0.1, 0.15) is 17.7 Å². The van der Waals surface area contributed by atoms with Crippen LogP contribution < -0.4 is 5.32 Å². The van der Waals surface area contributed by atoms with Gasteiger partial charge in [0, 0.05) is 12.2 Å². The van der Waals surface area contributed by atoms with Crippen LogP contribution in [0, 0.1) is 5.82 Å². The van der Waals surface area contributed by atoms with Crippen molar-refractivity contribution in [3.05, 3.63) is 90.1 Å². The maximum Gasteiger partial charge on any atom is 0.252 e. The van der Waals surface area contributed by atoms with Gasteiger partial charge in [-0.1, -0.05) is 30.3 Å². The fourth-order valence-electron chi connectivity index (χ4n) is 3.65. The summed E-state index contributed by atoms with van der Waals surface area (Å²) in [6.07, 6.45) is 2.12. The van der Waals surface area contributed by atoms with Gasteiger partial charge >= 0.3 is 0 Å². The molecule has 1 aromatic heterocycles. The third-order valence-corrected chi connectivity index (χ3v) is 5.74. The predicted octanol–water partition coefficient (Wildman–Crippen LogP) is 3.99. The maximum absolute atomic E-state index is 13.2. The van der Waals surface area contributed by atoms with Gasteiger partial charge in [0.2, 0.25) is 5.91 Å². The molecule has 0 spiro atoms. The topological polar surface area (TPSA) is 65.8 Å². The summed E-state index contributed by atoms with van der Waals surface area (Å²) in [7, 11) is 0. The zero-order valence-corrected chi connectivity index (χ0v) is 18.1. The van der Waals surface area contributed by atoms with Gasteiger partial charge in [0.1, 0.15) is 17.6 Å². The number of halogens is 1. The van der Waals surface area contributed by atoms with Crippen molar-refractivity contribution in [1.29, 1.82) is 0 Å². The second-order valence-corrected chi connectivity index (χ2v) is 7.86. The van der Waals surface area contributed by atoms with Crippen molar-refractivity contribution in [2.75, 3.05) is 11.9 Å². The summed E-state index contributed by atoms with van der Waals surface area (Å²) >= 11 is 5.62. The average Bonchev–Trinajstić information content (AvgIpc) is 3.38. The Balaban J connectivity index is 1.48. The summed E-state index contributed by atoms with van der Waals surface area (Å²) in [5.41, 5.74) is 1.56. The molecular weight excluding hydrogens is 429 g/mol. The highest BCUT2D eigenvalue weighted by atomic mass is 32.1. The van der Waals surface area contributed by atoms with Crippen molar-refractivity contribution in [3.63, 3.8) is 0 Å². The first-order valence-corrected chi connectivity index (χ1v) is 10.7. The number of hydrogen-bond acceptors (Lipinski definition) is 4. The van der Waals surface area contributed by atoms with Gasteiger partial charge < -0.3 is 14.6 Å². The van der Waals surface area contributed by atoms with Crippen molar-refractivity contribution in [1.82, 2.24) is 9.80 Å². The fraction of sp³-hybridized carbons (Fsp3) is 0.208. The van der Waals surface area contributed by atoms with Crippen molar-refractivity contribution < 1.29 is 18.4 Å². The number of hydrogen-bond donors (Lipinski definition) is 1. The molecule has 1 atom stereocenters. The number of thiocarbonyl (C=S) groups is 1. The first-order chi connectivity index (χ1) is 15.5.